The van der Waals surface area contributed by atoms with Crippen LogP contribution in [0.25, 0.3) is 0 Å². The van der Waals surface area contributed by atoms with Crippen molar-refractivity contribution in [2.45, 2.75) is 25.8 Å². The largest absolute Gasteiger partial charge is 0.314 e. The molecule has 2 aliphatic rings. The Kier molecular flexibility index (Phi) is 5.75. The van der Waals surface area contributed by atoms with Crippen LogP contribution in [-0.2, 0) is 0 Å². The third-order valence-electron chi connectivity index (χ3n) is 5.15. The van der Waals surface area contributed by atoms with Gasteiger partial charge in [-0.2, -0.15) is 0 Å². The van der Waals surface area contributed by atoms with Crippen LogP contribution >= 0.6 is 11.6 Å². The standard InChI is InChI=1S/C18H28ClN3/c1-15-6-10-22(11-7-15)18(14-21-12-8-20-9-13-21)16-2-4-17(19)5-3-16/h2-5,15,18,20H,6-14H2,1H3. The molecule has 1 unspecified atom stereocenters. The van der Waals surface area contributed by atoms with Crippen LogP contribution in [0.3, 0.4) is 0 Å². The monoisotopic (exact) mass is 321 g/mol. The molecule has 122 valence electrons. The summed E-state index contributed by atoms with van der Waals surface area (Å²) in [7, 11) is 0. The fourth-order valence-corrected chi connectivity index (χ4v) is 3.72. The van der Waals surface area contributed by atoms with Gasteiger partial charge in [0.2, 0.25) is 0 Å². The van der Waals surface area contributed by atoms with Gasteiger partial charge < -0.3 is 5.32 Å². The van der Waals surface area contributed by atoms with Crippen molar-refractivity contribution in [3.05, 3.63) is 34.9 Å². The maximum absolute atomic E-state index is 6.08. The fraction of sp³-hybridized carbons (Fsp3) is 0.667. The first-order valence-electron chi connectivity index (χ1n) is 8.65. The van der Waals surface area contributed by atoms with Gasteiger partial charge in [0, 0.05) is 43.8 Å². The van der Waals surface area contributed by atoms with Gasteiger partial charge in [-0.05, 0) is 49.5 Å². The van der Waals surface area contributed by atoms with E-state index >= 15 is 0 Å². The van der Waals surface area contributed by atoms with E-state index in [-0.39, 0.29) is 0 Å². The Labute approximate surface area is 139 Å². The van der Waals surface area contributed by atoms with Gasteiger partial charge in [0.05, 0.1) is 0 Å². The van der Waals surface area contributed by atoms with Crippen LogP contribution in [0.1, 0.15) is 31.4 Å². The molecule has 1 aromatic carbocycles. The minimum Gasteiger partial charge on any atom is -0.314 e. The van der Waals surface area contributed by atoms with E-state index in [1.54, 1.807) is 0 Å². The molecule has 2 heterocycles. The highest BCUT2D eigenvalue weighted by Gasteiger charge is 2.26. The van der Waals surface area contributed by atoms with Gasteiger partial charge >= 0.3 is 0 Å². The van der Waals surface area contributed by atoms with Gasteiger partial charge in [0.1, 0.15) is 0 Å². The van der Waals surface area contributed by atoms with Crippen LogP contribution in [0.15, 0.2) is 24.3 Å². The number of benzene rings is 1. The van der Waals surface area contributed by atoms with Gasteiger partial charge in [-0.3, -0.25) is 9.80 Å². The van der Waals surface area contributed by atoms with E-state index in [9.17, 15) is 0 Å². The van der Waals surface area contributed by atoms with Crippen molar-refractivity contribution >= 4 is 11.6 Å². The molecule has 22 heavy (non-hydrogen) atoms. The van der Waals surface area contributed by atoms with Crippen LogP contribution in [0, 0.1) is 5.92 Å². The number of hydrogen-bond acceptors (Lipinski definition) is 3. The molecule has 2 saturated heterocycles. The van der Waals surface area contributed by atoms with Crippen molar-refractivity contribution in [1.29, 1.82) is 0 Å². The lowest BCUT2D eigenvalue weighted by atomic mass is 9.95. The van der Waals surface area contributed by atoms with E-state index in [0.717, 1.165) is 43.7 Å². The molecule has 0 saturated carbocycles. The van der Waals surface area contributed by atoms with Crippen LogP contribution in [-0.4, -0.2) is 55.6 Å². The molecule has 0 bridgehead atoms. The smallest absolute Gasteiger partial charge is 0.0475 e. The Bertz CT molecular complexity index is 448. The summed E-state index contributed by atoms with van der Waals surface area (Å²) in [5, 5.41) is 4.28. The number of hydrogen-bond donors (Lipinski definition) is 1. The van der Waals surface area contributed by atoms with Gasteiger partial charge in [-0.25, -0.2) is 0 Å². The molecule has 1 atom stereocenters. The average molecular weight is 322 g/mol. The molecule has 3 rings (SSSR count). The van der Waals surface area contributed by atoms with Crippen LogP contribution in [0.5, 0.6) is 0 Å². The molecule has 0 spiro atoms. The SMILES string of the molecule is CC1CCN(C(CN2CCNCC2)c2ccc(Cl)cc2)CC1. The minimum absolute atomic E-state index is 0.503. The van der Waals surface area contributed by atoms with Crippen molar-refractivity contribution in [1.82, 2.24) is 15.1 Å². The van der Waals surface area contributed by atoms with Crippen molar-refractivity contribution in [3.8, 4) is 0 Å². The highest BCUT2D eigenvalue weighted by Crippen LogP contribution is 2.28. The summed E-state index contributed by atoms with van der Waals surface area (Å²) in [4.78, 5) is 5.29. The molecular weight excluding hydrogens is 294 g/mol. The number of rotatable bonds is 4. The zero-order valence-corrected chi connectivity index (χ0v) is 14.4. The van der Waals surface area contributed by atoms with E-state index in [4.69, 9.17) is 11.6 Å². The van der Waals surface area contributed by atoms with Crippen molar-refractivity contribution in [2.75, 3.05) is 45.8 Å². The summed E-state index contributed by atoms with van der Waals surface area (Å²) in [6, 6.07) is 9.01. The molecular formula is C18H28ClN3. The zero-order chi connectivity index (χ0) is 15.4. The Morgan fingerprint density at radius 2 is 1.73 bits per heavy atom. The van der Waals surface area contributed by atoms with Crippen molar-refractivity contribution in [2.24, 2.45) is 5.92 Å². The summed E-state index contributed by atoms with van der Waals surface area (Å²) in [6.45, 7) is 10.5. The van der Waals surface area contributed by atoms with Crippen molar-refractivity contribution in [3.63, 3.8) is 0 Å². The molecule has 4 heteroatoms. The van der Waals surface area contributed by atoms with E-state index in [1.807, 2.05) is 12.1 Å². The second kappa shape index (κ2) is 7.78. The molecule has 0 aliphatic carbocycles. The van der Waals surface area contributed by atoms with E-state index in [2.05, 4.69) is 34.2 Å². The Hall–Kier alpha value is -0.610. The topological polar surface area (TPSA) is 18.5 Å². The summed E-state index contributed by atoms with van der Waals surface area (Å²) in [6.07, 6.45) is 2.65. The minimum atomic E-state index is 0.503. The highest BCUT2D eigenvalue weighted by molar-refractivity contribution is 6.30. The number of likely N-dealkylation sites (tertiary alicyclic amines) is 1. The maximum Gasteiger partial charge on any atom is 0.0475 e. The summed E-state index contributed by atoms with van der Waals surface area (Å²) in [5.41, 5.74) is 1.41. The highest BCUT2D eigenvalue weighted by atomic mass is 35.5. The molecule has 2 aliphatic heterocycles. The number of piperidine rings is 1. The molecule has 1 N–H and O–H groups in total. The predicted octanol–water partition coefficient (Wildman–Crippen LogP) is 3.02. The first-order chi connectivity index (χ1) is 10.7. The lowest BCUT2D eigenvalue weighted by Crippen LogP contribution is -2.48. The fourth-order valence-electron chi connectivity index (χ4n) is 3.60. The molecule has 1 aromatic rings. The van der Waals surface area contributed by atoms with Crippen LogP contribution in [0.2, 0.25) is 5.02 Å². The summed E-state index contributed by atoms with van der Waals surface area (Å²) in [5.74, 6) is 0.876. The Balaban J connectivity index is 1.73. The van der Waals surface area contributed by atoms with Gasteiger partial charge in [-0.1, -0.05) is 30.7 Å². The predicted molar refractivity (Wildman–Crippen MR) is 93.5 cm³/mol. The lowest BCUT2D eigenvalue weighted by molar-refractivity contribution is 0.0969. The number of nitrogens with zero attached hydrogens (tertiary/aromatic N) is 2. The van der Waals surface area contributed by atoms with Gasteiger partial charge in [0.15, 0.2) is 0 Å². The first-order valence-corrected chi connectivity index (χ1v) is 9.03. The summed E-state index contributed by atoms with van der Waals surface area (Å²) < 4.78 is 0. The maximum atomic E-state index is 6.08. The molecule has 3 nitrogen and oxygen atoms in total. The first kappa shape index (κ1) is 16.3. The van der Waals surface area contributed by atoms with E-state index < -0.39 is 0 Å². The van der Waals surface area contributed by atoms with Crippen molar-refractivity contribution < 1.29 is 0 Å². The summed E-state index contributed by atoms with van der Waals surface area (Å²) >= 11 is 6.08. The quantitative estimate of drug-likeness (QED) is 0.919. The third kappa shape index (κ3) is 4.23. The second-order valence-corrected chi connectivity index (χ2v) is 7.27. The Morgan fingerprint density at radius 3 is 2.36 bits per heavy atom. The normalized spacial score (nSPS) is 23.5. The van der Waals surface area contributed by atoms with Crippen LogP contribution < -0.4 is 5.32 Å². The molecule has 0 amide bonds. The van der Waals surface area contributed by atoms with E-state index in [1.165, 1.54) is 31.5 Å². The van der Waals surface area contributed by atoms with E-state index in [0.29, 0.717) is 6.04 Å². The lowest BCUT2D eigenvalue weighted by Gasteiger charge is -2.40. The van der Waals surface area contributed by atoms with Gasteiger partial charge in [0.25, 0.3) is 0 Å². The van der Waals surface area contributed by atoms with Crippen LogP contribution in [0.4, 0.5) is 0 Å². The van der Waals surface area contributed by atoms with Gasteiger partial charge in [-0.15, -0.1) is 0 Å². The molecule has 2 fully saturated rings. The number of halogens is 1. The molecule has 0 radical (unpaired) electrons. The number of piperazine rings is 1. The Morgan fingerprint density at radius 1 is 1.09 bits per heavy atom. The number of nitrogens with one attached hydrogen (secondary N) is 1. The second-order valence-electron chi connectivity index (χ2n) is 6.84. The molecule has 0 aromatic heterocycles. The average Bonchev–Trinajstić information content (AvgIpc) is 2.56. The zero-order valence-electron chi connectivity index (χ0n) is 13.6. The third-order valence-corrected chi connectivity index (χ3v) is 5.41.